The average molecular weight is 425 g/mol. The molecule has 2 N–H and O–H groups in total. The number of methoxy groups -OCH3 is 1. The molecule has 0 saturated heterocycles. The number of hydrogen-bond donors (Lipinski definition) is 3. The van der Waals surface area contributed by atoms with E-state index in [1.807, 2.05) is 18.2 Å². The first-order chi connectivity index (χ1) is 13.7. The van der Waals surface area contributed by atoms with Gasteiger partial charge in [0.05, 0.1) is 7.11 Å². The fourth-order valence-electron chi connectivity index (χ4n) is 2.88. The molecular formula is C19H18F3N3O3S. The first-order valence-electron chi connectivity index (χ1n) is 8.44. The maximum absolute atomic E-state index is 12.4. The summed E-state index contributed by atoms with van der Waals surface area (Å²) in [6.45, 7) is 1.62. The van der Waals surface area contributed by atoms with Crippen molar-refractivity contribution in [2.24, 2.45) is 0 Å². The van der Waals surface area contributed by atoms with E-state index in [1.165, 1.54) is 32.2 Å². The van der Waals surface area contributed by atoms with Gasteiger partial charge in [0.25, 0.3) is 0 Å². The van der Waals surface area contributed by atoms with Crippen molar-refractivity contribution < 1.29 is 27.4 Å². The van der Waals surface area contributed by atoms with Gasteiger partial charge in [0, 0.05) is 47.0 Å². The third-order valence-corrected chi connectivity index (χ3v) is 4.30. The predicted molar refractivity (Wildman–Crippen MR) is 106 cm³/mol. The lowest BCUT2D eigenvalue weighted by Crippen LogP contribution is -2.21. The fourth-order valence-corrected chi connectivity index (χ4v) is 3.08. The van der Waals surface area contributed by atoms with Crippen molar-refractivity contribution in [2.75, 3.05) is 17.9 Å². The molecule has 0 fully saturated rings. The summed E-state index contributed by atoms with van der Waals surface area (Å²) in [5.41, 5.74) is 3.30. The third kappa shape index (κ3) is 5.08. The standard InChI is InChI=1S/C19H18F3N3O3S/c1-11(26)24-25-10-13-4-6-15(29)8-16(13)18(25)23-9-12-3-5-14(7-17(12)27-2)28-19(20,21)22/h3-8,10,23,29H,9H2,1-2H3,(H,24,26). The number of rotatable bonds is 6. The van der Waals surface area contributed by atoms with Gasteiger partial charge in [-0.25, -0.2) is 4.68 Å². The molecule has 1 aromatic heterocycles. The summed E-state index contributed by atoms with van der Waals surface area (Å²) >= 11 is 4.35. The van der Waals surface area contributed by atoms with Crippen LogP contribution in [0.4, 0.5) is 19.0 Å². The average Bonchev–Trinajstić information content (AvgIpc) is 2.94. The smallest absolute Gasteiger partial charge is 0.496 e. The predicted octanol–water partition coefficient (Wildman–Crippen LogP) is 4.54. The van der Waals surface area contributed by atoms with Gasteiger partial charge in [-0.3, -0.25) is 10.2 Å². The van der Waals surface area contributed by atoms with Gasteiger partial charge in [0.15, 0.2) is 0 Å². The Balaban J connectivity index is 1.90. The Morgan fingerprint density at radius 2 is 1.97 bits per heavy atom. The molecule has 1 heterocycles. The number of hydrogen-bond acceptors (Lipinski definition) is 5. The lowest BCUT2D eigenvalue weighted by molar-refractivity contribution is -0.274. The SMILES string of the molecule is COc1cc(OC(F)(F)F)ccc1CNc1c2cc(S)ccc2cn1NC(C)=O. The molecule has 0 spiro atoms. The molecule has 1 amide bonds. The number of benzene rings is 2. The summed E-state index contributed by atoms with van der Waals surface area (Å²) in [6, 6.07) is 9.40. The van der Waals surface area contributed by atoms with E-state index in [1.54, 1.807) is 10.9 Å². The number of carbonyl (C=O) groups excluding carboxylic acids is 1. The number of halogens is 3. The maximum atomic E-state index is 12.4. The highest BCUT2D eigenvalue weighted by atomic mass is 32.1. The molecule has 0 bridgehead atoms. The van der Waals surface area contributed by atoms with Crippen LogP contribution >= 0.6 is 12.6 Å². The lowest BCUT2D eigenvalue weighted by Gasteiger charge is -2.15. The molecule has 0 saturated carbocycles. The second kappa shape index (κ2) is 8.16. The van der Waals surface area contributed by atoms with E-state index in [9.17, 15) is 18.0 Å². The highest BCUT2D eigenvalue weighted by Gasteiger charge is 2.31. The summed E-state index contributed by atoms with van der Waals surface area (Å²) in [4.78, 5) is 12.3. The molecule has 2 aromatic carbocycles. The van der Waals surface area contributed by atoms with Gasteiger partial charge in [-0.1, -0.05) is 6.07 Å². The summed E-state index contributed by atoms with van der Waals surface area (Å²) in [6.07, 6.45) is -3.03. The van der Waals surface area contributed by atoms with Crippen LogP contribution in [0.25, 0.3) is 10.8 Å². The van der Waals surface area contributed by atoms with Gasteiger partial charge in [0.1, 0.15) is 17.3 Å². The Morgan fingerprint density at radius 3 is 2.62 bits per heavy atom. The highest BCUT2D eigenvalue weighted by Crippen LogP contribution is 2.31. The first kappa shape index (κ1) is 20.7. The normalized spacial score (nSPS) is 11.4. The number of nitrogens with one attached hydrogen (secondary N) is 2. The minimum absolute atomic E-state index is 0.227. The van der Waals surface area contributed by atoms with Crippen molar-refractivity contribution in [2.45, 2.75) is 24.7 Å². The molecule has 10 heteroatoms. The number of anilines is 1. The number of alkyl halides is 3. The van der Waals surface area contributed by atoms with Gasteiger partial charge in [-0.15, -0.1) is 25.8 Å². The van der Waals surface area contributed by atoms with Gasteiger partial charge in [-0.05, 0) is 24.3 Å². The number of amides is 1. The van der Waals surface area contributed by atoms with Crippen LogP contribution in [0, 0.1) is 0 Å². The molecule has 3 rings (SSSR count). The fraction of sp³-hybridized carbons (Fsp3) is 0.211. The number of aromatic nitrogens is 1. The molecule has 0 aliphatic heterocycles. The monoisotopic (exact) mass is 425 g/mol. The van der Waals surface area contributed by atoms with Crippen LogP contribution in [0.2, 0.25) is 0 Å². The lowest BCUT2D eigenvalue weighted by atomic mass is 10.2. The summed E-state index contributed by atoms with van der Waals surface area (Å²) in [5, 5.41) is 4.90. The maximum Gasteiger partial charge on any atom is 0.573 e. The van der Waals surface area contributed by atoms with Crippen LogP contribution in [0.15, 0.2) is 47.5 Å². The minimum atomic E-state index is -4.78. The van der Waals surface area contributed by atoms with Crippen molar-refractivity contribution >= 4 is 35.1 Å². The zero-order valence-electron chi connectivity index (χ0n) is 15.5. The number of thiol groups is 1. The quantitative estimate of drug-likeness (QED) is 0.508. The van der Waals surface area contributed by atoms with Crippen molar-refractivity contribution in [3.63, 3.8) is 0 Å². The molecule has 0 radical (unpaired) electrons. The molecule has 3 aromatic rings. The molecule has 154 valence electrons. The zero-order valence-corrected chi connectivity index (χ0v) is 16.4. The van der Waals surface area contributed by atoms with Crippen LogP contribution in [0.3, 0.4) is 0 Å². The zero-order chi connectivity index (χ0) is 21.2. The van der Waals surface area contributed by atoms with Gasteiger partial charge < -0.3 is 14.8 Å². The number of ether oxygens (including phenoxy) is 2. The van der Waals surface area contributed by atoms with E-state index in [2.05, 4.69) is 28.1 Å². The van der Waals surface area contributed by atoms with E-state index >= 15 is 0 Å². The van der Waals surface area contributed by atoms with Crippen molar-refractivity contribution in [1.29, 1.82) is 0 Å². The van der Waals surface area contributed by atoms with Crippen molar-refractivity contribution in [3.8, 4) is 11.5 Å². The van der Waals surface area contributed by atoms with Crippen LogP contribution < -0.4 is 20.2 Å². The van der Waals surface area contributed by atoms with E-state index in [0.29, 0.717) is 11.4 Å². The van der Waals surface area contributed by atoms with E-state index in [0.717, 1.165) is 15.7 Å². The second-order valence-corrected chi connectivity index (χ2v) is 6.68. The molecule has 0 unspecified atom stereocenters. The van der Waals surface area contributed by atoms with Gasteiger partial charge in [0.2, 0.25) is 5.91 Å². The Bertz CT molecular complexity index is 1050. The first-order valence-corrected chi connectivity index (χ1v) is 8.89. The number of carbonyl (C=O) groups is 1. The van der Waals surface area contributed by atoms with Crippen molar-refractivity contribution in [3.05, 3.63) is 48.2 Å². The molecule has 0 aliphatic carbocycles. The summed E-state index contributed by atoms with van der Waals surface area (Å²) in [5.74, 6) is 0.204. The summed E-state index contributed by atoms with van der Waals surface area (Å²) < 4.78 is 47.9. The van der Waals surface area contributed by atoms with Crippen LogP contribution in [0.1, 0.15) is 12.5 Å². The van der Waals surface area contributed by atoms with Crippen molar-refractivity contribution in [1.82, 2.24) is 4.68 Å². The molecule has 6 nitrogen and oxygen atoms in total. The number of fused-ring (bicyclic) bond motifs is 1. The highest BCUT2D eigenvalue weighted by molar-refractivity contribution is 7.80. The van der Waals surface area contributed by atoms with Crippen LogP contribution in [-0.4, -0.2) is 24.1 Å². The number of nitrogens with zero attached hydrogens (tertiary/aromatic N) is 1. The third-order valence-electron chi connectivity index (χ3n) is 4.02. The Kier molecular flexibility index (Phi) is 5.83. The summed E-state index contributed by atoms with van der Waals surface area (Å²) in [7, 11) is 1.36. The molecule has 29 heavy (non-hydrogen) atoms. The van der Waals surface area contributed by atoms with Crippen LogP contribution in [-0.2, 0) is 11.3 Å². The van der Waals surface area contributed by atoms with Crippen LogP contribution in [0.5, 0.6) is 11.5 Å². The second-order valence-electron chi connectivity index (χ2n) is 6.16. The topological polar surface area (TPSA) is 64.5 Å². The Hall–Kier alpha value is -3.01. The van der Waals surface area contributed by atoms with E-state index in [-0.39, 0.29) is 24.0 Å². The largest absolute Gasteiger partial charge is 0.573 e. The minimum Gasteiger partial charge on any atom is -0.496 e. The molecule has 0 atom stereocenters. The van der Waals surface area contributed by atoms with E-state index in [4.69, 9.17) is 4.74 Å². The molecule has 0 aliphatic rings. The Labute approximate surface area is 170 Å². The Morgan fingerprint density at radius 1 is 1.21 bits per heavy atom. The van der Waals surface area contributed by atoms with Gasteiger partial charge in [-0.2, -0.15) is 0 Å². The van der Waals surface area contributed by atoms with E-state index < -0.39 is 6.36 Å². The van der Waals surface area contributed by atoms with Gasteiger partial charge >= 0.3 is 6.36 Å². The molecular weight excluding hydrogens is 407 g/mol.